The molecule has 1 aromatic carbocycles. The minimum atomic E-state index is -0.265. The second-order valence-electron chi connectivity index (χ2n) is 6.89. The molecule has 140 valence electrons. The van der Waals surface area contributed by atoms with Gasteiger partial charge in [0.05, 0.1) is 0 Å². The number of nitrogens with zero attached hydrogens (tertiary/aromatic N) is 4. The maximum atomic E-state index is 12.9. The van der Waals surface area contributed by atoms with E-state index in [0.29, 0.717) is 18.1 Å². The number of rotatable bonds is 3. The molecule has 0 bridgehead atoms. The number of amides is 1. The van der Waals surface area contributed by atoms with Crippen LogP contribution in [0.25, 0.3) is 4.96 Å². The van der Waals surface area contributed by atoms with Crippen molar-refractivity contribution < 1.29 is 4.79 Å². The van der Waals surface area contributed by atoms with Crippen LogP contribution in [0.1, 0.15) is 26.5 Å². The fourth-order valence-electron chi connectivity index (χ4n) is 3.44. The molecule has 0 atom stereocenters. The van der Waals surface area contributed by atoms with E-state index >= 15 is 0 Å². The number of hydrogen-bond donors (Lipinski definition) is 0. The maximum Gasteiger partial charge on any atom is 0.271 e. The van der Waals surface area contributed by atoms with Gasteiger partial charge in [0.25, 0.3) is 11.5 Å². The van der Waals surface area contributed by atoms with Crippen LogP contribution >= 0.6 is 11.3 Å². The van der Waals surface area contributed by atoms with Gasteiger partial charge < -0.3 is 4.90 Å². The van der Waals surface area contributed by atoms with E-state index in [1.165, 1.54) is 23.1 Å². The number of aryl methyl sites for hydroxylation is 2. The third-order valence-corrected chi connectivity index (χ3v) is 6.23. The number of carbonyl (C=O) groups is 1. The van der Waals surface area contributed by atoms with Gasteiger partial charge in [-0.1, -0.05) is 30.3 Å². The monoisotopic (exact) mass is 382 g/mol. The minimum absolute atomic E-state index is 0.157. The number of hydrogen-bond acceptors (Lipinski definition) is 5. The molecule has 6 nitrogen and oxygen atoms in total. The summed E-state index contributed by atoms with van der Waals surface area (Å²) < 4.78 is 1.55. The van der Waals surface area contributed by atoms with E-state index in [1.54, 1.807) is 9.30 Å². The molecule has 0 unspecified atom stereocenters. The summed E-state index contributed by atoms with van der Waals surface area (Å²) in [6, 6.07) is 10.3. The smallest absolute Gasteiger partial charge is 0.271 e. The number of aromatic nitrogens is 2. The lowest BCUT2D eigenvalue weighted by molar-refractivity contribution is 0.0626. The highest BCUT2D eigenvalue weighted by atomic mass is 32.1. The highest BCUT2D eigenvalue weighted by Gasteiger charge is 2.25. The first-order chi connectivity index (χ1) is 13.0. The number of piperazine rings is 1. The average molecular weight is 382 g/mol. The Bertz CT molecular complexity index is 1030. The van der Waals surface area contributed by atoms with Crippen LogP contribution in [0.5, 0.6) is 0 Å². The first-order valence-electron chi connectivity index (χ1n) is 9.08. The fraction of sp³-hybridized carbons (Fsp3) is 0.350. The summed E-state index contributed by atoms with van der Waals surface area (Å²) in [6.07, 6.45) is 1.44. The molecule has 1 amide bonds. The molecule has 3 aromatic rings. The van der Waals surface area contributed by atoms with Crippen LogP contribution in [0.2, 0.25) is 0 Å². The van der Waals surface area contributed by atoms with E-state index in [1.807, 2.05) is 32.0 Å². The van der Waals surface area contributed by atoms with Crippen LogP contribution in [0.15, 0.2) is 41.3 Å². The van der Waals surface area contributed by atoms with Gasteiger partial charge in [-0.15, -0.1) is 11.3 Å². The summed E-state index contributed by atoms with van der Waals surface area (Å²) in [7, 11) is 0. The van der Waals surface area contributed by atoms with Crippen molar-refractivity contribution in [1.82, 2.24) is 19.2 Å². The molecule has 4 rings (SSSR count). The molecule has 0 N–H and O–H groups in total. The quantitative estimate of drug-likeness (QED) is 0.698. The lowest BCUT2D eigenvalue weighted by atomic mass is 10.2. The summed E-state index contributed by atoms with van der Waals surface area (Å²) in [5, 5.41) is 0. The van der Waals surface area contributed by atoms with Crippen LogP contribution in [-0.4, -0.2) is 51.3 Å². The lowest BCUT2D eigenvalue weighted by Crippen LogP contribution is -2.49. The van der Waals surface area contributed by atoms with Crippen molar-refractivity contribution in [2.24, 2.45) is 0 Å². The first-order valence-corrected chi connectivity index (χ1v) is 9.89. The number of carbonyl (C=O) groups excluding carboxylic acids is 1. The van der Waals surface area contributed by atoms with Crippen molar-refractivity contribution >= 4 is 22.2 Å². The Kier molecular flexibility index (Phi) is 4.80. The Morgan fingerprint density at radius 1 is 1.11 bits per heavy atom. The molecule has 3 heterocycles. The van der Waals surface area contributed by atoms with Gasteiger partial charge in [0.1, 0.15) is 5.56 Å². The van der Waals surface area contributed by atoms with Gasteiger partial charge in [-0.25, -0.2) is 4.98 Å². The molecule has 27 heavy (non-hydrogen) atoms. The van der Waals surface area contributed by atoms with Gasteiger partial charge in [0, 0.05) is 49.5 Å². The zero-order chi connectivity index (χ0) is 19.0. The second kappa shape index (κ2) is 7.25. The standard InChI is InChI=1S/C20H22N4O2S/c1-14-15(2)27-20-21-12-17(19(26)24(14)20)18(25)23-10-8-22(9-11-23)13-16-6-4-3-5-7-16/h3-7,12H,8-11,13H2,1-2H3. The van der Waals surface area contributed by atoms with Crippen molar-refractivity contribution in [3.05, 3.63) is 68.6 Å². The van der Waals surface area contributed by atoms with Crippen LogP contribution in [0.4, 0.5) is 0 Å². The lowest BCUT2D eigenvalue weighted by Gasteiger charge is -2.34. The van der Waals surface area contributed by atoms with Gasteiger partial charge in [0.2, 0.25) is 0 Å². The SMILES string of the molecule is Cc1sc2ncc(C(=O)N3CCN(Cc4ccccc4)CC3)c(=O)n2c1C. The Hall–Kier alpha value is -2.51. The zero-order valence-corrected chi connectivity index (χ0v) is 16.3. The molecule has 7 heteroatoms. The highest BCUT2D eigenvalue weighted by Crippen LogP contribution is 2.19. The van der Waals surface area contributed by atoms with Crippen molar-refractivity contribution in [2.45, 2.75) is 20.4 Å². The maximum absolute atomic E-state index is 12.9. The van der Waals surface area contributed by atoms with Gasteiger partial charge in [-0.2, -0.15) is 0 Å². The molecule has 2 aromatic heterocycles. The minimum Gasteiger partial charge on any atom is -0.336 e. The van der Waals surface area contributed by atoms with E-state index < -0.39 is 0 Å². The molecule has 1 aliphatic heterocycles. The third kappa shape index (κ3) is 3.40. The molecular formula is C20H22N4O2S. The Balaban J connectivity index is 1.48. The van der Waals surface area contributed by atoms with Crippen molar-refractivity contribution in [3.8, 4) is 0 Å². The molecular weight excluding hydrogens is 360 g/mol. The zero-order valence-electron chi connectivity index (χ0n) is 15.5. The van der Waals surface area contributed by atoms with Gasteiger partial charge in [-0.3, -0.25) is 18.9 Å². The summed E-state index contributed by atoms with van der Waals surface area (Å²) >= 11 is 1.47. The molecule has 0 spiro atoms. The van der Waals surface area contributed by atoms with E-state index in [2.05, 4.69) is 22.0 Å². The molecule has 1 fully saturated rings. The summed E-state index contributed by atoms with van der Waals surface area (Å²) in [5.74, 6) is -0.218. The summed E-state index contributed by atoms with van der Waals surface area (Å²) in [6.45, 7) is 7.57. The molecule has 0 radical (unpaired) electrons. The van der Waals surface area contributed by atoms with E-state index in [9.17, 15) is 9.59 Å². The van der Waals surface area contributed by atoms with Crippen LogP contribution in [-0.2, 0) is 6.54 Å². The van der Waals surface area contributed by atoms with Gasteiger partial charge >= 0.3 is 0 Å². The Morgan fingerprint density at radius 2 is 1.81 bits per heavy atom. The van der Waals surface area contributed by atoms with E-state index in [0.717, 1.165) is 30.2 Å². The van der Waals surface area contributed by atoms with E-state index in [-0.39, 0.29) is 17.0 Å². The molecule has 0 saturated carbocycles. The predicted molar refractivity (Wildman–Crippen MR) is 106 cm³/mol. The molecule has 1 aliphatic rings. The molecule has 0 aliphatic carbocycles. The van der Waals surface area contributed by atoms with Crippen molar-refractivity contribution in [2.75, 3.05) is 26.2 Å². The van der Waals surface area contributed by atoms with Gasteiger partial charge in [0.15, 0.2) is 4.96 Å². The predicted octanol–water partition coefficient (Wildman–Crippen LogP) is 2.33. The summed E-state index contributed by atoms with van der Waals surface area (Å²) in [4.78, 5) is 35.8. The van der Waals surface area contributed by atoms with Gasteiger partial charge in [-0.05, 0) is 19.4 Å². The largest absolute Gasteiger partial charge is 0.336 e. The topological polar surface area (TPSA) is 57.9 Å². The van der Waals surface area contributed by atoms with E-state index in [4.69, 9.17) is 0 Å². The number of fused-ring (bicyclic) bond motifs is 1. The highest BCUT2D eigenvalue weighted by molar-refractivity contribution is 7.17. The number of thiazole rings is 1. The molecule has 1 saturated heterocycles. The average Bonchev–Trinajstić information content (AvgIpc) is 2.98. The normalized spacial score (nSPS) is 15.4. The van der Waals surface area contributed by atoms with Crippen LogP contribution in [0.3, 0.4) is 0 Å². The fourth-order valence-corrected chi connectivity index (χ4v) is 4.37. The van der Waals surface area contributed by atoms with Crippen molar-refractivity contribution in [3.63, 3.8) is 0 Å². The summed E-state index contributed by atoms with van der Waals surface area (Å²) in [5.41, 5.74) is 2.02. The first kappa shape index (κ1) is 17.9. The van der Waals surface area contributed by atoms with Crippen molar-refractivity contribution in [1.29, 1.82) is 0 Å². The third-order valence-electron chi connectivity index (χ3n) is 5.16. The van der Waals surface area contributed by atoms with Crippen LogP contribution in [0, 0.1) is 13.8 Å². The number of benzene rings is 1. The Labute approximate surface area is 161 Å². The Morgan fingerprint density at radius 3 is 2.52 bits per heavy atom. The second-order valence-corrected chi connectivity index (χ2v) is 8.07. The van der Waals surface area contributed by atoms with Crippen LogP contribution < -0.4 is 5.56 Å².